The summed E-state index contributed by atoms with van der Waals surface area (Å²) in [5, 5.41) is 9.07. The molecule has 0 aliphatic carbocycles. The van der Waals surface area contributed by atoms with Crippen molar-refractivity contribution in [1.82, 2.24) is 0 Å². The van der Waals surface area contributed by atoms with Crippen LogP contribution in [0.3, 0.4) is 0 Å². The SMILES string of the molecule is COc1cccc(COc2cc(OC)ccc2C#N)c1. The molecule has 0 atom stereocenters. The van der Waals surface area contributed by atoms with Crippen LogP contribution in [0.2, 0.25) is 0 Å². The van der Waals surface area contributed by atoms with Gasteiger partial charge in [-0.15, -0.1) is 0 Å². The highest BCUT2D eigenvalue weighted by Crippen LogP contribution is 2.25. The Kier molecular flexibility index (Phi) is 4.46. The van der Waals surface area contributed by atoms with Gasteiger partial charge in [0.05, 0.1) is 19.8 Å². The van der Waals surface area contributed by atoms with Crippen molar-refractivity contribution < 1.29 is 14.2 Å². The maximum Gasteiger partial charge on any atom is 0.141 e. The Labute approximate surface area is 118 Å². The number of nitrogens with zero attached hydrogens (tertiary/aromatic N) is 1. The van der Waals surface area contributed by atoms with E-state index in [1.165, 1.54) is 0 Å². The summed E-state index contributed by atoms with van der Waals surface area (Å²) >= 11 is 0. The molecule has 20 heavy (non-hydrogen) atoms. The zero-order valence-corrected chi connectivity index (χ0v) is 11.4. The van der Waals surface area contributed by atoms with E-state index < -0.39 is 0 Å². The number of ether oxygens (including phenoxy) is 3. The first-order chi connectivity index (χ1) is 9.76. The molecule has 0 spiro atoms. The Morgan fingerprint density at radius 1 is 1.00 bits per heavy atom. The van der Waals surface area contributed by atoms with Gasteiger partial charge in [0.15, 0.2) is 0 Å². The summed E-state index contributed by atoms with van der Waals surface area (Å²) in [5.41, 5.74) is 1.45. The Bertz CT molecular complexity index is 632. The van der Waals surface area contributed by atoms with Gasteiger partial charge >= 0.3 is 0 Å². The van der Waals surface area contributed by atoms with Gasteiger partial charge in [-0.25, -0.2) is 0 Å². The molecule has 0 aliphatic rings. The maximum absolute atomic E-state index is 9.07. The topological polar surface area (TPSA) is 51.5 Å². The minimum absolute atomic E-state index is 0.360. The molecule has 0 saturated heterocycles. The summed E-state index contributed by atoms with van der Waals surface area (Å²) in [5.74, 6) is 1.94. The smallest absolute Gasteiger partial charge is 0.141 e. The third kappa shape index (κ3) is 3.21. The molecule has 2 aromatic carbocycles. The maximum atomic E-state index is 9.07. The van der Waals surface area contributed by atoms with Crippen LogP contribution in [0.15, 0.2) is 42.5 Å². The fraction of sp³-hybridized carbons (Fsp3) is 0.188. The molecule has 0 unspecified atom stereocenters. The Hall–Kier alpha value is -2.67. The molecule has 2 rings (SSSR count). The second-order valence-corrected chi connectivity index (χ2v) is 4.11. The number of benzene rings is 2. The first-order valence-electron chi connectivity index (χ1n) is 6.10. The number of nitriles is 1. The third-order valence-electron chi connectivity index (χ3n) is 2.84. The highest BCUT2D eigenvalue weighted by molar-refractivity contribution is 5.47. The molecule has 2 aromatic rings. The van der Waals surface area contributed by atoms with Gasteiger partial charge in [-0.2, -0.15) is 5.26 Å². The van der Waals surface area contributed by atoms with Crippen LogP contribution in [0.25, 0.3) is 0 Å². The van der Waals surface area contributed by atoms with Crippen molar-refractivity contribution in [3.63, 3.8) is 0 Å². The molecule has 102 valence electrons. The Morgan fingerprint density at radius 3 is 2.45 bits per heavy atom. The lowest BCUT2D eigenvalue weighted by Crippen LogP contribution is -1.98. The van der Waals surface area contributed by atoms with E-state index in [0.717, 1.165) is 11.3 Å². The second kappa shape index (κ2) is 6.48. The fourth-order valence-corrected chi connectivity index (χ4v) is 1.76. The molecule has 0 saturated carbocycles. The largest absolute Gasteiger partial charge is 0.497 e. The van der Waals surface area contributed by atoms with Crippen LogP contribution in [0.1, 0.15) is 11.1 Å². The van der Waals surface area contributed by atoms with E-state index >= 15 is 0 Å². The van der Waals surface area contributed by atoms with Gasteiger partial charge in [-0.3, -0.25) is 0 Å². The van der Waals surface area contributed by atoms with Crippen molar-refractivity contribution in [2.24, 2.45) is 0 Å². The van der Waals surface area contributed by atoms with Crippen LogP contribution in [0, 0.1) is 11.3 Å². The molecule has 0 fully saturated rings. The molecule has 0 aromatic heterocycles. The molecule has 0 bridgehead atoms. The van der Waals surface area contributed by atoms with Crippen LogP contribution in [-0.2, 0) is 6.61 Å². The average molecular weight is 269 g/mol. The van der Waals surface area contributed by atoms with Gasteiger partial charge in [-0.05, 0) is 29.8 Å². The third-order valence-corrected chi connectivity index (χ3v) is 2.84. The van der Waals surface area contributed by atoms with Gasteiger partial charge in [0.2, 0.25) is 0 Å². The molecule has 0 aliphatic heterocycles. The van der Waals surface area contributed by atoms with E-state index in [0.29, 0.717) is 23.7 Å². The molecule has 4 heteroatoms. The molecule has 0 heterocycles. The van der Waals surface area contributed by atoms with E-state index in [2.05, 4.69) is 6.07 Å². The summed E-state index contributed by atoms with van der Waals surface area (Å²) in [6.07, 6.45) is 0. The lowest BCUT2D eigenvalue weighted by atomic mass is 10.2. The number of hydrogen-bond acceptors (Lipinski definition) is 4. The van der Waals surface area contributed by atoms with Crippen molar-refractivity contribution in [1.29, 1.82) is 5.26 Å². The van der Waals surface area contributed by atoms with Crippen molar-refractivity contribution in [2.75, 3.05) is 14.2 Å². The molecular weight excluding hydrogens is 254 g/mol. The highest BCUT2D eigenvalue weighted by Gasteiger charge is 2.06. The van der Waals surface area contributed by atoms with Crippen molar-refractivity contribution >= 4 is 0 Å². The summed E-state index contributed by atoms with van der Waals surface area (Å²) in [4.78, 5) is 0. The van der Waals surface area contributed by atoms with Gasteiger partial charge in [-0.1, -0.05) is 12.1 Å². The van der Waals surface area contributed by atoms with Gasteiger partial charge < -0.3 is 14.2 Å². The number of hydrogen-bond donors (Lipinski definition) is 0. The Morgan fingerprint density at radius 2 is 1.75 bits per heavy atom. The number of rotatable bonds is 5. The minimum Gasteiger partial charge on any atom is -0.497 e. The van der Waals surface area contributed by atoms with Crippen molar-refractivity contribution in [3.8, 4) is 23.3 Å². The lowest BCUT2D eigenvalue weighted by molar-refractivity contribution is 0.302. The van der Waals surface area contributed by atoms with Gasteiger partial charge in [0.1, 0.15) is 29.9 Å². The average Bonchev–Trinajstić information content (AvgIpc) is 2.52. The number of methoxy groups -OCH3 is 2. The second-order valence-electron chi connectivity index (χ2n) is 4.11. The summed E-state index contributed by atoms with van der Waals surface area (Å²) in [6.45, 7) is 0.360. The fourth-order valence-electron chi connectivity index (χ4n) is 1.76. The standard InChI is InChI=1S/C16H15NO3/c1-18-14-5-3-4-12(8-14)11-20-16-9-15(19-2)7-6-13(16)10-17/h3-9H,11H2,1-2H3. The van der Waals surface area contributed by atoms with Gasteiger partial charge in [0, 0.05) is 6.07 Å². The molecular formula is C16H15NO3. The molecule has 0 amide bonds. The van der Waals surface area contributed by atoms with Crippen molar-refractivity contribution in [3.05, 3.63) is 53.6 Å². The van der Waals surface area contributed by atoms with Crippen LogP contribution >= 0.6 is 0 Å². The minimum atomic E-state index is 0.360. The Balaban J connectivity index is 2.15. The lowest BCUT2D eigenvalue weighted by Gasteiger charge is -2.10. The monoisotopic (exact) mass is 269 g/mol. The zero-order chi connectivity index (χ0) is 14.4. The molecule has 0 N–H and O–H groups in total. The van der Waals surface area contributed by atoms with E-state index in [9.17, 15) is 0 Å². The molecule has 0 radical (unpaired) electrons. The van der Waals surface area contributed by atoms with Crippen molar-refractivity contribution in [2.45, 2.75) is 6.61 Å². The van der Waals surface area contributed by atoms with Crippen LogP contribution in [-0.4, -0.2) is 14.2 Å². The van der Waals surface area contributed by atoms with Crippen LogP contribution < -0.4 is 14.2 Å². The molecule has 4 nitrogen and oxygen atoms in total. The normalized spacial score (nSPS) is 9.65. The predicted octanol–water partition coefficient (Wildman–Crippen LogP) is 3.15. The van der Waals surface area contributed by atoms with E-state index in [1.807, 2.05) is 24.3 Å². The first kappa shape index (κ1) is 13.8. The highest BCUT2D eigenvalue weighted by atomic mass is 16.5. The van der Waals surface area contributed by atoms with Gasteiger partial charge in [0.25, 0.3) is 0 Å². The van der Waals surface area contributed by atoms with E-state index in [-0.39, 0.29) is 0 Å². The van der Waals surface area contributed by atoms with Crippen LogP contribution in [0.5, 0.6) is 17.2 Å². The van der Waals surface area contributed by atoms with E-state index in [4.69, 9.17) is 19.5 Å². The zero-order valence-electron chi connectivity index (χ0n) is 11.4. The summed E-state index contributed by atoms with van der Waals surface area (Å²) in [6, 6.07) is 14.8. The quantitative estimate of drug-likeness (QED) is 0.836. The first-order valence-corrected chi connectivity index (χ1v) is 6.10. The summed E-state index contributed by atoms with van der Waals surface area (Å²) in [7, 11) is 3.20. The van der Waals surface area contributed by atoms with Crippen LogP contribution in [0.4, 0.5) is 0 Å². The predicted molar refractivity (Wildman–Crippen MR) is 75.0 cm³/mol. The summed E-state index contributed by atoms with van der Waals surface area (Å²) < 4.78 is 16.0. The van der Waals surface area contributed by atoms with E-state index in [1.54, 1.807) is 32.4 Å².